The summed E-state index contributed by atoms with van der Waals surface area (Å²) in [5.41, 5.74) is 0. The zero-order valence-electron chi connectivity index (χ0n) is 15.5. The van der Waals surface area contributed by atoms with E-state index in [4.69, 9.17) is 30.5 Å². The van der Waals surface area contributed by atoms with Crippen LogP contribution in [0, 0.1) is 17.8 Å². The summed E-state index contributed by atoms with van der Waals surface area (Å²) >= 11 is 5.99. The van der Waals surface area contributed by atoms with Crippen molar-refractivity contribution in [2.75, 3.05) is 13.2 Å². The maximum atomic E-state index is 8.98. The van der Waals surface area contributed by atoms with Gasteiger partial charge in [0.1, 0.15) is 18.5 Å². The number of rotatable bonds is 10. The largest absolute Gasteiger partial charge is 0.490 e. The first-order chi connectivity index (χ1) is 13.1. The molecule has 0 bridgehead atoms. The molecule has 1 fully saturated rings. The molecule has 0 aromatic heterocycles. The van der Waals surface area contributed by atoms with E-state index in [0.717, 1.165) is 18.6 Å². The van der Waals surface area contributed by atoms with E-state index in [9.17, 15) is 0 Å². The fourth-order valence-corrected chi connectivity index (χ4v) is 4.25. The van der Waals surface area contributed by atoms with Crippen molar-refractivity contribution < 1.29 is 18.9 Å². The van der Waals surface area contributed by atoms with E-state index in [-0.39, 0.29) is 24.7 Å². The third-order valence-electron chi connectivity index (χ3n) is 5.05. The summed E-state index contributed by atoms with van der Waals surface area (Å²) < 4.78 is 16.9. The quantitative estimate of drug-likeness (QED) is 0.426. The number of hydrogen-bond donors (Lipinski definition) is 1. The summed E-state index contributed by atoms with van der Waals surface area (Å²) in [7, 11) is 4.71. The van der Waals surface area contributed by atoms with Gasteiger partial charge in [0.15, 0.2) is 0 Å². The Morgan fingerprint density at radius 1 is 1.33 bits per heavy atom. The highest BCUT2D eigenvalue weighted by atomic mass is 35.5. The van der Waals surface area contributed by atoms with Crippen molar-refractivity contribution in [2.24, 2.45) is 17.8 Å². The third kappa shape index (κ3) is 7.13. The Labute approximate surface area is 171 Å². The second-order valence-corrected chi connectivity index (χ2v) is 7.83. The minimum atomic E-state index is -0.191. The van der Waals surface area contributed by atoms with Crippen molar-refractivity contribution in [1.82, 2.24) is 0 Å². The number of ether oxygens (including phenoxy) is 1. The highest BCUT2D eigenvalue weighted by Crippen LogP contribution is 2.42. The molecule has 1 aromatic rings. The number of hydrogen-bond acceptors (Lipinski definition) is 4. The summed E-state index contributed by atoms with van der Waals surface area (Å²) in [6.45, 7) is 2.73. The fourth-order valence-electron chi connectivity index (χ4n) is 3.61. The molecule has 0 saturated heterocycles. The number of aliphatic hydroxyl groups is 1. The molecule has 1 saturated carbocycles. The lowest BCUT2D eigenvalue weighted by Crippen LogP contribution is -2.21. The van der Waals surface area contributed by atoms with Crippen molar-refractivity contribution in [2.45, 2.75) is 32.0 Å². The van der Waals surface area contributed by atoms with Crippen LogP contribution in [0.5, 0.6) is 5.75 Å². The summed E-state index contributed by atoms with van der Waals surface area (Å²) in [5, 5.41) is 9.62. The van der Waals surface area contributed by atoms with Crippen LogP contribution in [0.4, 0.5) is 0 Å². The summed E-state index contributed by atoms with van der Waals surface area (Å²) in [6, 6.07) is 7.32. The van der Waals surface area contributed by atoms with E-state index in [1.165, 1.54) is 0 Å². The number of halogens is 1. The van der Waals surface area contributed by atoms with Crippen LogP contribution in [-0.4, -0.2) is 30.5 Å². The van der Waals surface area contributed by atoms with E-state index >= 15 is 0 Å². The van der Waals surface area contributed by atoms with E-state index < -0.39 is 0 Å². The van der Waals surface area contributed by atoms with Gasteiger partial charge in [-0.1, -0.05) is 48.9 Å². The molecular formula is C20H29ClO4P2. The number of benzene rings is 1. The van der Waals surface area contributed by atoms with E-state index in [1.54, 1.807) is 12.1 Å². The van der Waals surface area contributed by atoms with Crippen molar-refractivity contribution in [3.8, 4) is 5.75 Å². The van der Waals surface area contributed by atoms with Crippen LogP contribution in [0.2, 0.25) is 5.02 Å². The number of allylic oxidation sites excluding steroid dienone is 1. The molecule has 1 aliphatic carbocycles. The lowest BCUT2D eigenvalue weighted by Gasteiger charge is -2.22. The van der Waals surface area contributed by atoms with Gasteiger partial charge in [0.25, 0.3) is 0 Å². The summed E-state index contributed by atoms with van der Waals surface area (Å²) in [5.74, 6) is 2.02. The topological polar surface area (TPSA) is 47.9 Å². The molecule has 7 heteroatoms. The van der Waals surface area contributed by atoms with Gasteiger partial charge >= 0.3 is 0 Å². The fraction of sp³-hybridized carbons (Fsp3) is 0.500. The van der Waals surface area contributed by atoms with Crippen LogP contribution >= 0.6 is 30.5 Å². The smallest absolute Gasteiger partial charge is 0.120 e. The minimum absolute atomic E-state index is 0.0784. The van der Waals surface area contributed by atoms with Crippen molar-refractivity contribution >= 4 is 30.5 Å². The standard InChI is InChI=1S/C20H29ClO4P2/c1-14-11-20(25-27)19(18(14)7-2-3-10-22)9-8-17(24-26)13-23-16-6-4-5-15(21)12-16/h2-6,8-9,12,14,17-20,22H,7,10-11,13,26-27H2,1H3/b3-2+,9-8+. The first-order valence-corrected chi connectivity index (χ1v) is 10.4. The van der Waals surface area contributed by atoms with Crippen LogP contribution in [0.3, 0.4) is 0 Å². The molecule has 0 amide bonds. The zero-order valence-corrected chi connectivity index (χ0v) is 18.6. The van der Waals surface area contributed by atoms with Gasteiger partial charge in [0.05, 0.1) is 12.7 Å². The molecular weight excluding hydrogens is 402 g/mol. The summed E-state index contributed by atoms with van der Waals surface area (Å²) in [4.78, 5) is 0. The predicted octanol–water partition coefficient (Wildman–Crippen LogP) is 4.84. The van der Waals surface area contributed by atoms with Crippen LogP contribution in [0.15, 0.2) is 48.6 Å². The average molecular weight is 431 g/mol. The maximum absolute atomic E-state index is 8.98. The first-order valence-electron chi connectivity index (χ1n) is 9.12. The third-order valence-corrected chi connectivity index (χ3v) is 5.98. The lowest BCUT2D eigenvalue weighted by atomic mass is 9.86. The van der Waals surface area contributed by atoms with Crippen molar-refractivity contribution in [3.05, 3.63) is 53.6 Å². The molecule has 7 atom stereocenters. The van der Waals surface area contributed by atoms with Gasteiger partial charge in [-0.3, -0.25) is 0 Å². The van der Waals surface area contributed by atoms with E-state index in [1.807, 2.05) is 24.3 Å². The van der Waals surface area contributed by atoms with Gasteiger partial charge in [-0.15, -0.1) is 0 Å². The van der Waals surface area contributed by atoms with Gasteiger partial charge in [-0.05, 0) is 42.9 Å². The van der Waals surface area contributed by atoms with Crippen molar-refractivity contribution in [3.63, 3.8) is 0 Å². The van der Waals surface area contributed by atoms with E-state index in [2.05, 4.69) is 38.0 Å². The zero-order chi connectivity index (χ0) is 19.6. The van der Waals surface area contributed by atoms with Gasteiger partial charge in [0.2, 0.25) is 0 Å². The van der Waals surface area contributed by atoms with Gasteiger partial charge in [-0.2, -0.15) is 0 Å². The van der Waals surface area contributed by atoms with Crippen LogP contribution in [0.25, 0.3) is 0 Å². The predicted molar refractivity (Wildman–Crippen MR) is 117 cm³/mol. The molecule has 1 N–H and O–H groups in total. The highest BCUT2D eigenvalue weighted by Gasteiger charge is 2.39. The minimum Gasteiger partial charge on any atom is -0.490 e. The maximum Gasteiger partial charge on any atom is 0.120 e. The molecule has 0 radical (unpaired) electrons. The van der Waals surface area contributed by atoms with Gasteiger partial charge in [0, 0.05) is 29.9 Å². The molecule has 0 aliphatic heterocycles. The molecule has 0 spiro atoms. The Balaban J connectivity index is 2.00. The monoisotopic (exact) mass is 430 g/mol. The summed E-state index contributed by atoms with van der Waals surface area (Å²) in [6.07, 6.45) is 9.99. The Kier molecular flexibility index (Phi) is 10.3. The molecule has 2 rings (SSSR count). The molecule has 0 heterocycles. The highest BCUT2D eigenvalue weighted by molar-refractivity contribution is 7.10. The molecule has 1 aliphatic rings. The molecule has 1 aromatic carbocycles. The van der Waals surface area contributed by atoms with Crippen LogP contribution < -0.4 is 4.74 Å². The van der Waals surface area contributed by atoms with Gasteiger partial charge < -0.3 is 18.9 Å². The first kappa shape index (κ1) is 22.8. The Morgan fingerprint density at radius 3 is 2.81 bits per heavy atom. The molecule has 7 unspecified atom stereocenters. The number of aliphatic hydroxyl groups excluding tert-OH is 1. The molecule has 4 nitrogen and oxygen atoms in total. The Bertz CT molecular complexity index is 626. The van der Waals surface area contributed by atoms with Crippen LogP contribution in [-0.2, 0) is 9.05 Å². The average Bonchev–Trinajstić information content (AvgIpc) is 2.97. The Hall–Kier alpha value is -0.470. The molecule has 150 valence electrons. The van der Waals surface area contributed by atoms with Gasteiger partial charge in [-0.25, -0.2) is 0 Å². The van der Waals surface area contributed by atoms with Crippen LogP contribution in [0.1, 0.15) is 19.8 Å². The normalized spacial score (nSPS) is 26.9. The van der Waals surface area contributed by atoms with Crippen molar-refractivity contribution in [1.29, 1.82) is 0 Å². The SMILES string of the molecule is CC1CC(OP)C(/C=C/C(COc2cccc(Cl)c2)OP)C1C/C=C/CO. The lowest BCUT2D eigenvalue weighted by molar-refractivity contribution is 0.179. The van der Waals surface area contributed by atoms with E-state index in [0.29, 0.717) is 23.5 Å². The second kappa shape index (κ2) is 12.2. The molecule has 27 heavy (non-hydrogen) atoms. The second-order valence-electron chi connectivity index (χ2n) is 6.85. The Morgan fingerprint density at radius 2 is 2.15 bits per heavy atom.